The maximum Gasteiger partial charge on any atom is 0.224 e. The molecule has 0 atom stereocenters. The second-order valence-corrected chi connectivity index (χ2v) is 9.02. The molecule has 0 aliphatic heterocycles. The number of hydrogen-bond acceptors (Lipinski definition) is 3. The average molecular weight is 379 g/mol. The van der Waals surface area contributed by atoms with Gasteiger partial charge in [-0.05, 0) is 44.6 Å². The van der Waals surface area contributed by atoms with E-state index in [9.17, 15) is 13.2 Å². The Bertz CT molecular complexity index is 741. The zero-order valence-electron chi connectivity index (χ0n) is 15.8. The molecule has 6 heteroatoms. The van der Waals surface area contributed by atoms with Crippen molar-refractivity contribution in [1.29, 1.82) is 0 Å². The highest BCUT2D eigenvalue weighted by Crippen LogP contribution is 2.20. The van der Waals surface area contributed by atoms with Crippen molar-refractivity contribution in [3.8, 4) is 0 Å². The molecule has 2 rings (SSSR count). The van der Waals surface area contributed by atoms with Gasteiger partial charge in [0.1, 0.15) is 0 Å². The van der Waals surface area contributed by atoms with Crippen molar-refractivity contribution in [1.82, 2.24) is 9.62 Å². The zero-order chi connectivity index (χ0) is 19.0. The molecule has 0 fully saturated rings. The monoisotopic (exact) mass is 378 g/mol. The van der Waals surface area contributed by atoms with Crippen LogP contribution in [0.5, 0.6) is 0 Å². The number of rotatable bonds is 9. The van der Waals surface area contributed by atoms with E-state index in [1.54, 1.807) is 0 Å². The number of benzene rings is 1. The van der Waals surface area contributed by atoms with Crippen molar-refractivity contribution in [3.63, 3.8) is 0 Å². The maximum absolute atomic E-state index is 12.1. The van der Waals surface area contributed by atoms with Gasteiger partial charge in [0.05, 0.1) is 12.7 Å². The van der Waals surface area contributed by atoms with Gasteiger partial charge in [0, 0.05) is 19.6 Å². The highest BCUT2D eigenvalue weighted by molar-refractivity contribution is 7.88. The predicted molar refractivity (Wildman–Crippen MR) is 105 cm³/mol. The Balaban J connectivity index is 1.79. The predicted octanol–water partition coefficient (Wildman–Crippen LogP) is 2.81. The van der Waals surface area contributed by atoms with Crippen LogP contribution in [-0.4, -0.2) is 44.5 Å². The van der Waals surface area contributed by atoms with Crippen molar-refractivity contribution in [2.24, 2.45) is 0 Å². The van der Waals surface area contributed by atoms with E-state index in [-0.39, 0.29) is 5.91 Å². The number of carbonyl (C=O) groups excluding carboxylic acids is 1. The van der Waals surface area contributed by atoms with Crippen molar-refractivity contribution < 1.29 is 13.2 Å². The normalized spacial score (nSPS) is 15.0. The topological polar surface area (TPSA) is 66.5 Å². The molecule has 144 valence electrons. The minimum absolute atomic E-state index is 0.0842. The summed E-state index contributed by atoms with van der Waals surface area (Å²) in [6, 6.07) is 7.84. The molecular weight excluding hydrogens is 348 g/mol. The van der Waals surface area contributed by atoms with E-state index in [2.05, 4.69) is 11.4 Å². The Morgan fingerprint density at radius 3 is 2.69 bits per heavy atom. The lowest BCUT2D eigenvalue weighted by atomic mass is 9.97. The first-order valence-electron chi connectivity index (χ1n) is 9.30. The molecule has 0 radical (unpaired) electrons. The summed E-state index contributed by atoms with van der Waals surface area (Å²) in [7, 11) is -3.27. The van der Waals surface area contributed by atoms with Crippen LogP contribution >= 0.6 is 0 Å². The number of nitrogens with one attached hydrogen (secondary N) is 1. The van der Waals surface area contributed by atoms with Gasteiger partial charge in [0.25, 0.3) is 0 Å². The number of sulfonamides is 1. The molecule has 1 N–H and O–H groups in total. The van der Waals surface area contributed by atoms with Gasteiger partial charge >= 0.3 is 0 Å². The lowest BCUT2D eigenvalue weighted by Crippen LogP contribution is -2.39. The molecule has 0 heterocycles. The third-order valence-electron chi connectivity index (χ3n) is 4.67. The van der Waals surface area contributed by atoms with Crippen LogP contribution in [0.15, 0.2) is 35.9 Å². The number of amides is 1. The maximum atomic E-state index is 12.1. The quantitative estimate of drug-likeness (QED) is 0.672. The lowest BCUT2D eigenvalue weighted by molar-refractivity contribution is -0.120. The summed E-state index contributed by atoms with van der Waals surface area (Å²) in [4.78, 5) is 12.1. The Hall–Kier alpha value is -1.66. The van der Waals surface area contributed by atoms with E-state index in [0.29, 0.717) is 26.1 Å². The van der Waals surface area contributed by atoms with Gasteiger partial charge in [0.2, 0.25) is 15.9 Å². The first-order chi connectivity index (χ1) is 12.3. The van der Waals surface area contributed by atoms with Crippen molar-refractivity contribution in [2.75, 3.05) is 25.9 Å². The smallest absolute Gasteiger partial charge is 0.224 e. The fourth-order valence-corrected chi connectivity index (χ4v) is 4.08. The van der Waals surface area contributed by atoms with Crippen molar-refractivity contribution >= 4 is 15.9 Å². The van der Waals surface area contributed by atoms with Gasteiger partial charge in [0.15, 0.2) is 0 Å². The Labute approximate surface area is 157 Å². The molecule has 0 bridgehead atoms. The van der Waals surface area contributed by atoms with Crippen LogP contribution in [-0.2, 0) is 21.2 Å². The molecule has 1 aliphatic rings. The summed E-state index contributed by atoms with van der Waals surface area (Å²) in [5, 5.41) is 2.83. The Kier molecular flexibility index (Phi) is 7.85. The van der Waals surface area contributed by atoms with Gasteiger partial charge in [-0.1, -0.05) is 41.5 Å². The van der Waals surface area contributed by atoms with Crippen molar-refractivity contribution in [3.05, 3.63) is 47.0 Å². The summed E-state index contributed by atoms with van der Waals surface area (Å²) in [5.74, 6) is -0.0842. The second kappa shape index (κ2) is 9.88. The van der Waals surface area contributed by atoms with Crippen LogP contribution < -0.4 is 5.32 Å². The number of carbonyl (C=O) groups is 1. The second-order valence-electron chi connectivity index (χ2n) is 7.04. The molecule has 0 spiro atoms. The van der Waals surface area contributed by atoms with E-state index in [4.69, 9.17) is 0 Å². The van der Waals surface area contributed by atoms with Gasteiger partial charge < -0.3 is 5.32 Å². The molecule has 5 nitrogen and oxygen atoms in total. The molecular formula is C20H30N2O3S. The van der Waals surface area contributed by atoms with Gasteiger partial charge in [-0.25, -0.2) is 12.7 Å². The molecule has 1 aromatic rings. The summed E-state index contributed by atoms with van der Waals surface area (Å²) < 4.78 is 25.5. The molecule has 0 saturated carbocycles. The molecule has 1 aliphatic carbocycles. The summed E-state index contributed by atoms with van der Waals surface area (Å²) in [5.41, 5.74) is 3.44. The van der Waals surface area contributed by atoms with Gasteiger partial charge in [-0.2, -0.15) is 0 Å². The van der Waals surface area contributed by atoms with Crippen LogP contribution in [0.2, 0.25) is 0 Å². The average Bonchev–Trinajstić information content (AvgIpc) is 2.57. The highest BCUT2D eigenvalue weighted by atomic mass is 32.2. The highest BCUT2D eigenvalue weighted by Gasteiger charge is 2.17. The SMILES string of the molecule is Cc1cccc(CC(=O)NCCN(CCC2=CCCCC2)S(C)(=O)=O)c1. The Morgan fingerprint density at radius 1 is 1.23 bits per heavy atom. The number of aryl methyl sites for hydroxylation is 1. The third-order valence-corrected chi connectivity index (χ3v) is 5.97. The summed E-state index contributed by atoms with van der Waals surface area (Å²) in [6.45, 7) is 3.12. The zero-order valence-corrected chi connectivity index (χ0v) is 16.6. The van der Waals surface area contributed by atoms with E-state index >= 15 is 0 Å². The van der Waals surface area contributed by atoms with E-state index in [1.165, 1.54) is 29.0 Å². The Morgan fingerprint density at radius 2 is 2.04 bits per heavy atom. The van der Waals surface area contributed by atoms with Gasteiger partial charge in [-0.15, -0.1) is 0 Å². The standard InChI is InChI=1S/C20H30N2O3S/c1-17-7-6-10-19(15-17)16-20(23)21-12-14-22(26(2,24)25)13-11-18-8-4-3-5-9-18/h6-8,10,15H,3-5,9,11-14,16H2,1-2H3,(H,21,23). The van der Waals surface area contributed by atoms with E-state index in [0.717, 1.165) is 30.4 Å². The summed E-state index contributed by atoms with van der Waals surface area (Å²) in [6.07, 6.45) is 9.17. The van der Waals surface area contributed by atoms with Gasteiger partial charge in [-0.3, -0.25) is 4.79 Å². The minimum Gasteiger partial charge on any atom is -0.354 e. The molecule has 0 unspecified atom stereocenters. The number of hydrogen-bond donors (Lipinski definition) is 1. The molecule has 1 amide bonds. The third kappa shape index (κ3) is 7.30. The fraction of sp³-hybridized carbons (Fsp3) is 0.550. The van der Waals surface area contributed by atoms with E-state index < -0.39 is 10.0 Å². The van der Waals surface area contributed by atoms with E-state index in [1.807, 2.05) is 31.2 Å². The van der Waals surface area contributed by atoms with Crippen LogP contribution in [0.4, 0.5) is 0 Å². The molecule has 0 aromatic heterocycles. The van der Waals surface area contributed by atoms with Crippen LogP contribution in [0, 0.1) is 6.92 Å². The van der Waals surface area contributed by atoms with Crippen LogP contribution in [0.25, 0.3) is 0 Å². The van der Waals surface area contributed by atoms with Crippen LogP contribution in [0.3, 0.4) is 0 Å². The first kappa shape index (κ1) is 20.6. The molecule has 1 aromatic carbocycles. The number of nitrogens with zero attached hydrogens (tertiary/aromatic N) is 1. The fourth-order valence-electron chi connectivity index (χ4n) is 3.23. The summed E-state index contributed by atoms with van der Waals surface area (Å²) >= 11 is 0. The minimum atomic E-state index is -3.27. The first-order valence-corrected chi connectivity index (χ1v) is 11.1. The number of allylic oxidation sites excluding steroid dienone is 1. The van der Waals surface area contributed by atoms with Crippen LogP contribution in [0.1, 0.15) is 43.2 Å². The van der Waals surface area contributed by atoms with Crippen molar-refractivity contribution in [2.45, 2.75) is 45.4 Å². The largest absolute Gasteiger partial charge is 0.354 e. The molecule has 26 heavy (non-hydrogen) atoms. The molecule has 0 saturated heterocycles. The lowest BCUT2D eigenvalue weighted by Gasteiger charge is -2.22.